The standard InChI is InChI=1S/C28H29BrClN3O4/c1-15(2)14-28-21-20(23(34)33(24(21)35)27(3,4)5)22(16-9-11-17(29)12-10-16)32(28)26(37)31(25(28)36)19-8-6-7-18(30)13-19/h6-13,15,20-22H,14H2,1-5H3/t20-,21-,22-,28-/m1/s1. The van der Waals surface area contributed by atoms with Gasteiger partial charge in [-0.15, -0.1) is 0 Å². The Morgan fingerprint density at radius 1 is 1.00 bits per heavy atom. The number of fused-ring (bicyclic) bond motifs is 3. The van der Waals surface area contributed by atoms with Crippen LogP contribution in [-0.2, 0) is 14.4 Å². The predicted octanol–water partition coefficient (Wildman–Crippen LogP) is 5.81. The third-order valence-electron chi connectivity index (χ3n) is 7.55. The van der Waals surface area contributed by atoms with Gasteiger partial charge in [-0.2, -0.15) is 0 Å². The topological polar surface area (TPSA) is 78.0 Å². The second-order valence-electron chi connectivity index (χ2n) is 11.5. The third-order valence-corrected chi connectivity index (χ3v) is 8.32. The first-order valence-electron chi connectivity index (χ1n) is 12.4. The number of hydrogen-bond acceptors (Lipinski definition) is 4. The summed E-state index contributed by atoms with van der Waals surface area (Å²) in [6.07, 6.45) is 0.250. The Labute approximate surface area is 229 Å². The van der Waals surface area contributed by atoms with Crippen LogP contribution >= 0.6 is 27.5 Å². The summed E-state index contributed by atoms with van der Waals surface area (Å²) in [5, 5.41) is 0.386. The van der Waals surface area contributed by atoms with Crippen molar-refractivity contribution >= 4 is 57.0 Å². The minimum atomic E-state index is -1.50. The summed E-state index contributed by atoms with van der Waals surface area (Å²) in [6.45, 7) is 9.34. The van der Waals surface area contributed by atoms with Crippen LogP contribution in [-0.4, -0.2) is 44.6 Å². The van der Waals surface area contributed by atoms with Gasteiger partial charge in [-0.05, 0) is 69.0 Å². The molecule has 2 aromatic carbocycles. The van der Waals surface area contributed by atoms with E-state index in [2.05, 4.69) is 15.9 Å². The lowest BCUT2D eigenvalue weighted by Crippen LogP contribution is -2.56. The third kappa shape index (κ3) is 3.67. The van der Waals surface area contributed by atoms with E-state index in [1.807, 2.05) is 58.9 Å². The number of imide groups is 2. The van der Waals surface area contributed by atoms with E-state index in [9.17, 15) is 19.2 Å². The summed E-state index contributed by atoms with van der Waals surface area (Å²) in [5.74, 6) is -3.11. The van der Waals surface area contributed by atoms with Gasteiger partial charge in [0, 0.05) is 15.0 Å². The Bertz CT molecular complexity index is 1320. The first-order chi connectivity index (χ1) is 17.3. The molecule has 37 heavy (non-hydrogen) atoms. The van der Waals surface area contributed by atoms with E-state index in [4.69, 9.17) is 11.6 Å². The molecule has 5 rings (SSSR count). The highest BCUT2D eigenvalue weighted by atomic mass is 79.9. The number of halogens is 2. The molecule has 4 atom stereocenters. The Hall–Kier alpha value is -2.71. The van der Waals surface area contributed by atoms with Gasteiger partial charge in [-0.3, -0.25) is 19.3 Å². The fraction of sp³-hybridized carbons (Fsp3) is 0.429. The van der Waals surface area contributed by atoms with Crippen molar-refractivity contribution < 1.29 is 19.2 Å². The van der Waals surface area contributed by atoms with Gasteiger partial charge in [0.2, 0.25) is 11.8 Å². The van der Waals surface area contributed by atoms with Crippen LogP contribution in [0.4, 0.5) is 10.5 Å². The van der Waals surface area contributed by atoms with Crippen LogP contribution in [0.3, 0.4) is 0 Å². The normalized spacial score (nSPS) is 27.6. The number of likely N-dealkylation sites (tertiary alicyclic amines) is 1. The van der Waals surface area contributed by atoms with Gasteiger partial charge in [0.1, 0.15) is 5.54 Å². The van der Waals surface area contributed by atoms with Crippen LogP contribution < -0.4 is 4.90 Å². The molecule has 0 bridgehead atoms. The average molecular weight is 587 g/mol. The van der Waals surface area contributed by atoms with E-state index in [-0.39, 0.29) is 18.2 Å². The van der Waals surface area contributed by atoms with Crippen molar-refractivity contribution in [2.45, 2.75) is 58.2 Å². The quantitative estimate of drug-likeness (QED) is 0.335. The highest BCUT2D eigenvalue weighted by Gasteiger charge is 2.77. The van der Waals surface area contributed by atoms with Crippen molar-refractivity contribution in [3.63, 3.8) is 0 Å². The number of amides is 5. The Kier molecular flexibility index (Phi) is 6.07. The second-order valence-corrected chi connectivity index (χ2v) is 12.8. The monoisotopic (exact) mass is 585 g/mol. The van der Waals surface area contributed by atoms with E-state index < -0.39 is 46.8 Å². The van der Waals surface area contributed by atoms with Gasteiger partial charge in [0.15, 0.2) is 0 Å². The zero-order valence-electron chi connectivity index (χ0n) is 21.4. The van der Waals surface area contributed by atoms with Crippen molar-refractivity contribution in [3.8, 4) is 0 Å². The van der Waals surface area contributed by atoms with Crippen LogP contribution in [0.2, 0.25) is 5.02 Å². The Morgan fingerprint density at radius 2 is 1.65 bits per heavy atom. The number of benzene rings is 2. The largest absolute Gasteiger partial charge is 0.332 e. The molecule has 5 amide bonds. The van der Waals surface area contributed by atoms with Crippen molar-refractivity contribution in [1.29, 1.82) is 0 Å². The van der Waals surface area contributed by atoms with Gasteiger partial charge < -0.3 is 4.90 Å². The van der Waals surface area contributed by atoms with E-state index >= 15 is 0 Å². The number of carbonyl (C=O) groups is 4. The summed E-state index contributed by atoms with van der Waals surface area (Å²) in [5.41, 5.74) is -1.22. The number of carbonyl (C=O) groups excluding carboxylic acids is 4. The molecular weight excluding hydrogens is 558 g/mol. The minimum absolute atomic E-state index is 0.0329. The fourth-order valence-corrected chi connectivity index (χ4v) is 6.89. The van der Waals surface area contributed by atoms with Gasteiger partial charge in [-0.1, -0.05) is 59.6 Å². The lowest BCUT2D eigenvalue weighted by Gasteiger charge is -2.38. The summed E-state index contributed by atoms with van der Waals surface area (Å²) in [6, 6.07) is 12.6. The molecule has 7 nitrogen and oxygen atoms in total. The number of anilines is 1. The average Bonchev–Trinajstić information content (AvgIpc) is 3.31. The van der Waals surface area contributed by atoms with Crippen molar-refractivity contribution in [2.75, 3.05) is 4.90 Å². The summed E-state index contributed by atoms with van der Waals surface area (Å²) in [7, 11) is 0. The summed E-state index contributed by atoms with van der Waals surface area (Å²) >= 11 is 9.68. The maximum absolute atomic E-state index is 14.5. The predicted molar refractivity (Wildman–Crippen MR) is 144 cm³/mol. The molecule has 0 radical (unpaired) electrons. The van der Waals surface area contributed by atoms with Crippen LogP contribution in [0.5, 0.6) is 0 Å². The van der Waals surface area contributed by atoms with Crippen LogP contribution in [0.15, 0.2) is 53.0 Å². The molecule has 0 N–H and O–H groups in total. The Morgan fingerprint density at radius 3 is 2.22 bits per heavy atom. The number of nitrogens with zero attached hydrogens (tertiary/aromatic N) is 3. The Balaban J connectivity index is 1.78. The van der Waals surface area contributed by atoms with E-state index in [0.717, 1.165) is 9.37 Å². The maximum Gasteiger partial charge on any atom is 0.332 e. The highest BCUT2D eigenvalue weighted by molar-refractivity contribution is 9.10. The van der Waals surface area contributed by atoms with Crippen molar-refractivity contribution in [3.05, 3.63) is 63.6 Å². The highest BCUT2D eigenvalue weighted by Crippen LogP contribution is 2.61. The van der Waals surface area contributed by atoms with Crippen molar-refractivity contribution in [2.24, 2.45) is 17.8 Å². The lowest BCUT2D eigenvalue weighted by molar-refractivity contribution is -0.149. The molecule has 194 valence electrons. The van der Waals surface area contributed by atoms with E-state index in [0.29, 0.717) is 16.3 Å². The van der Waals surface area contributed by atoms with E-state index in [1.54, 1.807) is 24.3 Å². The zero-order valence-corrected chi connectivity index (χ0v) is 23.7. The molecule has 0 spiro atoms. The van der Waals surface area contributed by atoms with Crippen LogP contribution in [0.1, 0.15) is 52.6 Å². The first-order valence-corrected chi connectivity index (χ1v) is 13.5. The smallest absolute Gasteiger partial charge is 0.300 e. The molecule has 3 fully saturated rings. The molecule has 9 heteroatoms. The minimum Gasteiger partial charge on any atom is -0.300 e. The molecule has 0 unspecified atom stereocenters. The van der Waals surface area contributed by atoms with E-state index in [1.165, 1.54) is 9.80 Å². The number of rotatable bonds is 4. The van der Waals surface area contributed by atoms with Gasteiger partial charge >= 0.3 is 6.03 Å². The van der Waals surface area contributed by atoms with Gasteiger partial charge in [0.05, 0.1) is 23.6 Å². The van der Waals surface area contributed by atoms with Crippen LogP contribution in [0, 0.1) is 17.8 Å². The number of hydrogen-bond donors (Lipinski definition) is 0. The zero-order chi connectivity index (χ0) is 27.0. The molecule has 2 aromatic rings. The molecule has 0 aliphatic carbocycles. The summed E-state index contributed by atoms with van der Waals surface area (Å²) < 4.78 is 0.841. The van der Waals surface area contributed by atoms with Gasteiger partial charge in [-0.25, -0.2) is 9.69 Å². The van der Waals surface area contributed by atoms with Crippen LogP contribution in [0.25, 0.3) is 0 Å². The molecule has 3 aliphatic heterocycles. The number of urea groups is 1. The fourth-order valence-electron chi connectivity index (χ4n) is 6.44. The molecular formula is C28H29BrClN3O4. The lowest BCUT2D eigenvalue weighted by atomic mass is 9.74. The summed E-state index contributed by atoms with van der Waals surface area (Å²) in [4.78, 5) is 60.8. The molecule has 0 saturated carbocycles. The SMILES string of the molecule is CC(C)C[C@@]12C(=O)N(c3cccc(Cl)c3)C(=O)N1[C@H](c1ccc(Br)cc1)[C@@H]1C(=O)N(C(C)(C)C)C(=O)[C@@H]12. The molecule has 3 heterocycles. The van der Waals surface area contributed by atoms with Gasteiger partial charge in [0.25, 0.3) is 5.91 Å². The maximum atomic E-state index is 14.5. The molecule has 3 saturated heterocycles. The first kappa shape index (κ1) is 25.9. The molecule has 3 aliphatic rings. The second kappa shape index (κ2) is 8.67. The van der Waals surface area contributed by atoms with Crippen molar-refractivity contribution in [1.82, 2.24) is 9.80 Å². The molecule has 0 aromatic heterocycles.